The van der Waals surface area contributed by atoms with Crippen LogP contribution in [0.3, 0.4) is 0 Å². The molecule has 4 atom stereocenters. The van der Waals surface area contributed by atoms with E-state index in [-0.39, 0.29) is 24.9 Å². The average Bonchev–Trinajstić information content (AvgIpc) is 3.00. The van der Waals surface area contributed by atoms with Crippen LogP contribution in [0.1, 0.15) is 25.7 Å². The molecule has 0 aromatic heterocycles. The van der Waals surface area contributed by atoms with Crippen molar-refractivity contribution in [1.82, 2.24) is 0 Å². The SMILES string of the molecule is O=C(O)CCCC=CC[C@H]1C=C[C@H](O)[C@@H]1C=CC(O)COc1cccc(Cl)c1. The van der Waals surface area contributed by atoms with Gasteiger partial charge in [-0.3, -0.25) is 4.79 Å². The van der Waals surface area contributed by atoms with Gasteiger partial charge in [-0.1, -0.05) is 54.1 Å². The molecule has 5 nitrogen and oxygen atoms in total. The average molecular weight is 407 g/mol. The Morgan fingerprint density at radius 3 is 2.86 bits per heavy atom. The second-order valence-corrected chi connectivity index (χ2v) is 7.27. The van der Waals surface area contributed by atoms with Gasteiger partial charge in [-0.2, -0.15) is 0 Å². The summed E-state index contributed by atoms with van der Waals surface area (Å²) in [6.45, 7) is 0.0984. The molecule has 6 heteroatoms. The fourth-order valence-corrected chi connectivity index (χ4v) is 3.23. The fraction of sp³-hybridized carbons (Fsp3) is 0.409. The molecule has 0 saturated heterocycles. The van der Waals surface area contributed by atoms with E-state index in [0.717, 1.165) is 12.8 Å². The zero-order chi connectivity index (χ0) is 20.4. The summed E-state index contributed by atoms with van der Waals surface area (Å²) in [4.78, 5) is 10.5. The Morgan fingerprint density at radius 1 is 1.29 bits per heavy atom. The maximum Gasteiger partial charge on any atom is 0.303 e. The van der Waals surface area contributed by atoms with Crippen LogP contribution in [0.25, 0.3) is 0 Å². The van der Waals surface area contributed by atoms with Crippen LogP contribution in [0.15, 0.2) is 60.7 Å². The Bertz CT molecular complexity index is 713. The quantitative estimate of drug-likeness (QED) is 0.382. The van der Waals surface area contributed by atoms with Crippen LogP contribution in [0.5, 0.6) is 5.75 Å². The number of rotatable bonds is 11. The number of allylic oxidation sites excluding steroid dienone is 3. The topological polar surface area (TPSA) is 87.0 Å². The summed E-state index contributed by atoms with van der Waals surface area (Å²) in [5.41, 5.74) is 0. The van der Waals surface area contributed by atoms with Crippen molar-refractivity contribution in [3.05, 3.63) is 65.7 Å². The van der Waals surface area contributed by atoms with Gasteiger partial charge in [0.1, 0.15) is 18.5 Å². The number of benzene rings is 1. The Hall–Kier alpha value is -2.08. The number of halogens is 1. The van der Waals surface area contributed by atoms with Gasteiger partial charge in [-0.05, 0) is 43.4 Å². The normalized spacial score (nSPS) is 22.9. The summed E-state index contributed by atoms with van der Waals surface area (Å²) in [6.07, 6.45) is 12.1. The number of carboxylic acid groups (broad SMARTS) is 1. The maximum atomic E-state index is 10.5. The van der Waals surface area contributed by atoms with Crippen LogP contribution in [0, 0.1) is 11.8 Å². The summed E-state index contributed by atoms with van der Waals surface area (Å²) >= 11 is 5.90. The van der Waals surface area contributed by atoms with Crippen molar-refractivity contribution in [2.75, 3.05) is 6.61 Å². The number of aliphatic carboxylic acids is 1. The molecule has 0 bridgehead atoms. The summed E-state index contributed by atoms with van der Waals surface area (Å²) in [7, 11) is 0. The lowest BCUT2D eigenvalue weighted by molar-refractivity contribution is -0.137. The first-order valence-electron chi connectivity index (χ1n) is 9.43. The first-order chi connectivity index (χ1) is 13.5. The molecular formula is C22H27ClO5. The minimum atomic E-state index is -0.793. The zero-order valence-corrected chi connectivity index (χ0v) is 16.4. The molecule has 1 unspecified atom stereocenters. The molecule has 3 N–H and O–H groups in total. The van der Waals surface area contributed by atoms with E-state index in [2.05, 4.69) is 0 Å². The third-order valence-electron chi connectivity index (χ3n) is 4.55. The van der Waals surface area contributed by atoms with Crippen LogP contribution < -0.4 is 4.74 Å². The molecule has 1 aromatic rings. The molecular weight excluding hydrogens is 380 g/mol. The van der Waals surface area contributed by atoms with Gasteiger partial charge in [0, 0.05) is 17.4 Å². The van der Waals surface area contributed by atoms with Gasteiger partial charge in [-0.15, -0.1) is 0 Å². The van der Waals surface area contributed by atoms with Gasteiger partial charge in [-0.25, -0.2) is 0 Å². The third-order valence-corrected chi connectivity index (χ3v) is 4.79. The van der Waals surface area contributed by atoms with E-state index in [9.17, 15) is 15.0 Å². The van der Waals surface area contributed by atoms with Gasteiger partial charge in [0.2, 0.25) is 0 Å². The fourth-order valence-electron chi connectivity index (χ4n) is 3.05. The lowest BCUT2D eigenvalue weighted by atomic mass is 9.90. The second kappa shape index (κ2) is 11.7. The summed E-state index contributed by atoms with van der Waals surface area (Å²) in [5, 5.41) is 29.5. The van der Waals surface area contributed by atoms with Gasteiger partial charge in [0.05, 0.1) is 6.10 Å². The van der Waals surface area contributed by atoms with Crippen LogP contribution >= 0.6 is 11.6 Å². The van der Waals surface area contributed by atoms with Crippen molar-refractivity contribution < 1.29 is 24.9 Å². The number of unbranched alkanes of at least 4 members (excludes halogenated alkanes) is 1. The number of ether oxygens (including phenoxy) is 1. The molecule has 1 aliphatic rings. The van der Waals surface area contributed by atoms with Crippen molar-refractivity contribution in [3.8, 4) is 5.75 Å². The molecule has 28 heavy (non-hydrogen) atoms. The Kier molecular flexibility index (Phi) is 9.28. The molecule has 0 saturated carbocycles. The minimum absolute atomic E-state index is 0.0984. The lowest BCUT2D eigenvalue weighted by Crippen LogP contribution is -2.20. The first-order valence-corrected chi connectivity index (χ1v) is 9.81. The Morgan fingerprint density at radius 2 is 2.11 bits per heavy atom. The van der Waals surface area contributed by atoms with E-state index < -0.39 is 18.2 Å². The van der Waals surface area contributed by atoms with E-state index in [4.69, 9.17) is 21.4 Å². The molecule has 0 fully saturated rings. The first kappa shape index (κ1) is 22.2. The smallest absolute Gasteiger partial charge is 0.303 e. The number of aliphatic hydroxyl groups is 2. The van der Waals surface area contributed by atoms with Crippen molar-refractivity contribution in [2.24, 2.45) is 11.8 Å². The van der Waals surface area contributed by atoms with Crippen molar-refractivity contribution in [2.45, 2.75) is 37.9 Å². The van der Waals surface area contributed by atoms with E-state index in [1.807, 2.05) is 24.3 Å². The highest BCUT2D eigenvalue weighted by molar-refractivity contribution is 6.30. The number of aliphatic hydroxyl groups excluding tert-OH is 2. The molecule has 1 aromatic carbocycles. The molecule has 0 aliphatic heterocycles. The highest BCUT2D eigenvalue weighted by Gasteiger charge is 2.27. The minimum Gasteiger partial charge on any atom is -0.491 e. The van der Waals surface area contributed by atoms with Gasteiger partial charge < -0.3 is 20.1 Å². The van der Waals surface area contributed by atoms with Crippen LogP contribution in [-0.2, 0) is 4.79 Å². The van der Waals surface area contributed by atoms with Crippen molar-refractivity contribution in [1.29, 1.82) is 0 Å². The number of carbonyl (C=O) groups is 1. The largest absolute Gasteiger partial charge is 0.491 e. The lowest BCUT2D eigenvalue weighted by Gasteiger charge is -2.18. The molecule has 0 spiro atoms. The van der Waals surface area contributed by atoms with Gasteiger partial charge >= 0.3 is 5.97 Å². The highest BCUT2D eigenvalue weighted by atomic mass is 35.5. The number of hydrogen-bond acceptors (Lipinski definition) is 4. The zero-order valence-electron chi connectivity index (χ0n) is 15.7. The van der Waals surface area contributed by atoms with Gasteiger partial charge in [0.25, 0.3) is 0 Å². The summed E-state index contributed by atoms with van der Waals surface area (Å²) in [6, 6.07) is 6.98. The summed E-state index contributed by atoms with van der Waals surface area (Å²) < 4.78 is 5.52. The second-order valence-electron chi connectivity index (χ2n) is 6.83. The number of hydrogen-bond donors (Lipinski definition) is 3. The van der Waals surface area contributed by atoms with E-state index in [1.54, 1.807) is 36.4 Å². The Balaban J connectivity index is 1.77. The molecule has 0 radical (unpaired) electrons. The molecule has 152 valence electrons. The molecule has 1 aliphatic carbocycles. The molecule has 0 amide bonds. The summed E-state index contributed by atoms with van der Waals surface area (Å²) in [5.74, 6) is -0.153. The van der Waals surface area contributed by atoms with Crippen LogP contribution in [0.4, 0.5) is 0 Å². The monoisotopic (exact) mass is 406 g/mol. The predicted molar refractivity (Wildman–Crippen MR) is 109 cm³/mol. The highest BCUT2D eigenvalue weighted by Crippen LogP contribution is 2.30. The molecule has 0 heterocycles. The van der Waals surface area contributed by atoms with Crippen molar-refractivity contribution in [3.63, 3.8) is 0 Å². The predicted octanol–water partition coefficient (Wildman–Crippen LogP) is 4.00. The van der Waals surface area contributed by atoms with Crippen molar-refractivity contribution >= 4 is 17.6 Å². The third kappa shape index (κ3) is 7.89. The maximum absolute atomic E-state index is 10.5. The Labute approximate surface area is 170 Å². The van der Waals surface area contributed by atoms with E-state index in [1.165, 1.54) is 0 Å². The molecule has 2 rings (SSSR count). The van der Waals surface area contributed by atoms with E-state index >= 15 is 0 Å². The van der Waals surface area contributed by atoms with Crippen LogP contribution in [0.2, 0.25) is 5.02 Å². The van der Waals surface area contributed by atoms with E-state index in [0.29, 0.717) is 17.2 Å². The van der Waals surface area contributed by atoms with Crippen LogP contribution in [-0.4, -0.2) is 40.1 Å². The standard InChI is InChI=1S/C22H27ClO5/c23-17-7-5-8-19(14-17)28-15-18(24)11-12-20-16(10-13-21(20)25)6-3-1-2-4-9-22(26)27/h1,3,5,7-8,10-14,16,18,20-21,24-25H,2,4,6,9,15H2,(H,26,27)/t16-,18?,20+,21-/m0/s1. The van der Waals surface area contributed by atoms with Gasteiger partial charge in [0.15, 0.2) is 0 Å². The number of carboxylic acids is 1.